The predicted molar refractivity (Wildman–Crippen MR) is 110 cm³/mol. The Bertz CT molecular complexity index is 1180. The Morgan fingerprint density at radius 3 is 2.54 bits per heavy atom. The highest BCUT2D eigenvalue weighted by atomic mass is 32.2. The van der Waals surface area contributed by atoms with E-state index in [0.29, 0.717) is 12.2 Å². The number of rotatable bonds is 5. The Morgan fingerprint density at radius 2 is 1.82 bits per heavy atom. The first-order valence-electron chi connectivity index (χ1n) is 8.88. The number of aromatic nitrogens is 3. The Hall–Kier alpha value is -3.32. The van der Waals surface area contributed by atoms with Crippen LogP contribution < -0.4 is 10.9 Å². The average Bonchev–Trinajstić information content (AvgIpc) is 3.15. The van der Waals surface area contributed by atoms with Crippen LogP contribution in [0.3, 0.4) is 0 Å². The van der Waals surface area contributed by atoms with Crippen LogP contribution in [0.25, 0.3) is 16.8 Å². The molecule has 2 aromatic carbocycles. The van der Waals surface area contributed by atoms with E-state index in [1.807, 2.05) is 42.5 Å². The molecule has 2 heterocycles. The van der Waals surface area contributed by atoms with Crippen LogP contribution in [0.5, 0.6) is 0 Å². The number of benzene rings is 2. The number of amides is 1. The van der Waals surface area contributed by atoms with Gasteiger partial charge in [-0.2, -0.15) is 0 Å². The number of carbonyl (C=O) groups excluding carboxylic acids is 1. The average molecular weight is 390 g/mol. The molecule has 0 saturated carbocycles. The molecule has 0 atom stereocenters. The van der Waals surface area contributed by atoms with Crippen molar-refractivity contribution in [1.29, 1.82) is 0 Å². The van der Waals surface area contributed by atoms with Gasteiger partial charge in [-0.3, -0.25) is 14.7 Å². The number of nitrogens with one attached hydrogen (secondary N) is 2. The number of nitrogens with zero attached hydrogens (tertiary/aromatic N) is 2. The lowest BCUT2D eigenvalue weighted by Gasteiger charge is -2.04. The molecular formula is C21H18N4O2S. The smallest absolute Gasteiger partial charge is 0.285 e. The maximum Gasteiger partial charge on any atom is 0.285 e. The van der Waals surface area contributed by atoms with Gasteiger partial charge < -0.3 is 5.32 Å². The van der Waals surface area contributed by atoms with E-state index in [0.717, 1.165) is 16.0 Å². The molecule has 4 aromatic rings. The highest BCUT2D eigenvalue weighted by Gasteiger charge is 2.16. The zero-order valence-corrected chi connectivity index (χ0v) is 16.0. The van der Waals surface area contributed by atoms with Crippen molar-refractivity contribution in [2.24, 2.45) is 0 Å². The van der Waals surface area contributed by atoms with Crippen LogP contribution in [0.15, 0.2) is 81.6 Å². The lowest BCUT2D eigenvalue weighted by molar-refractivity contribution is 0.0953. The molecule has 0 spiro atoms. The van der Waals surface area contributed by atoms with E-state index in [1.165, 1.54) is 15.6 Å². The van der Waals surface area contributed by atoms with Crippen molar-refractivity contribution in [1.82, 2.24) is 19.9 Å². The molecule has 0 aliphatic rings. The first-order chi connectivity index (χ1) is 13.7. The summed E-state index contributed by atoms with van der Waals surface area (Å²) >= 11 is 1.69. The third-order valence-electron chi connectivity index (χ3n) is 4.27. The van der Waals surface area contributed by atoms with Crippen molar-refractivity contribution in [2.75, 3.05) is 6.54 Å². The minimum absolute atomic E-state index is 0.0161. The number of aromatic amines is 1. The first-order valence-corrected chi connectivity index (χ1v) is 9.69. The van der Waals surface area contributed by atoms with Crippen molar-refractivity contribution < 1.29 is 4.79 Å². The van der Waals surface area contributed by atoms with Crippen molar-refractivity contribution in [3.8, 4) is 11.1 Å². The molecule has 0 bridgehead atoms. The zero-order valence-electron chi connectivity index (χ0n) is 15.2. The van der Waals surface area contributed by atoms with Crippen LogP contribution in [0.1, 0.15) is 17.3 Å². The largest absolute Gasteiger partial charge is 0.352 e. The molecule has 28 heavy (non-hydrogen) atoms. The lowest BCUT2D eigenvalue weighted by atomic mass is 10.1. The summed E-state index contributed by atoms with van der Waals surface area (Å²) in [5.41, 5.74) is 1.83. The van der Waals surface area contributed by atoms with Gasteiger partial charge >= 0.3 is 0 Å². The second-order valence-electron chi connectivity index (χ2n) is 6.12. The minimum Gasteiger partial charge on any atom is -0.352 e. The van der Waals surface area contributed by atoms with Gasteiger partial charge in [0.2, 0.25) is 0 Å². The van der Waals surface area contributed by atoms with Gasteiger partial charge in [0.15, 0.2) is 5.65 Å². The molecule has 0 saturated heterocycles. The topological polar surface area (TPSA) is 79.3 Å². The molecule has 6 nitrogen and oxygen atoms in total. The van der Waals surface area contributed by atoms with Gasteiger partial charge in [-0.25, -0.2) is 9.50 Å². The minimum atomic E-state index is -0.423. The summed E-state index contributed by atoms with van der Waals surface area (Å²) in [6, 6.07) is 18.2. The quantitative estimate of drug-likeness (QED) is 0.546. The summed E-state index contributed by atoms with van der Waals surface area (Å²) in [7, 11) is 0. The summed E-state index contributed by atoms with van der Waals surface area (Å²) in [5, 5.41) is 5.53. The van der Waals surface area contributed by atoms with Crippen LogP contribution in [0.2, 0.25) is 0 Å². The molecule has 0 unspecified atom stereocenters. The summed E-state index contributed by atoms with van der Waals surface area (Å²) < 4.78 is 1.30. The second-order valence-corrected chi connectivity index (χ2v) is 7.27. The van der Waals surface area contributed by atoms with E-state index < -0.39 is 11.5 Å². The van der Waals surface area contributed by atoms with Gasteiger partial charge in [0.05, 0.1) is 0 Å². The standard InChI is InChI=1S/C21H18N4O2S/c1-2-22-20(26)18-12-23-19-17(13-24-25(19)21(18)27)14-8-10-16(11-9-14)28-15-6-4-3-5-7-15/h3-13,24H,2H2,1H3,(H,22,26). The summed E-state index contributed by atoms with van der Waals surface area (Å²) in [4.78, 5) is 31.2. The van der Waals surface area contributed by atoms with E-state index in [-0.39, 0.29) is 5.56 Å². The number of hydrogen-bond acceptors (Lipinski definition) is 4. The molecular weight excluding hydrogens is 372 g/mol. The van der Waals surface area contributed by atoms with Crippen LogP contribution in [-0.2, 0) is 0 Å². The third-order valence-corrected chi connectivity index (χ3v) is 5.28. The van der Waals surface area contributed by atoms with E-state index in [4.69, 9.17) is 0 Å². The molecule has 4 rings (SSSR count). The number of H-pyrrole nitrogens is 1. The summed E-state index contributed by atoms with van der Waals surface area (Å²) in [6.45, 7) is 2.25. The van der Waals surface area contributed by atoms with Crippen molar-refractivity contribution in [3.63, 3.8) is 0 Å². The van der Waals surface area contributed by atoms with Crippen molar-refractivity contribution in [2.45, 2.75) is 16.7 Å². The fourth-order valence-electron chi connectivity index (χ4n) is 2.91. The van der Waals surface area contributed by atoms with E-state index >= 15 is 0 Å². The number of hydrogen-bond donors (Lipinski definition) is 2. The van der Waals surface area contributed by atoms with Crippen LogP contribution in [0, 0.1) is 0 Å². The van der Waals surface area contributed by atoms with Gasteiger partial charge in [-0.15, -0.1) is 0 Å². The molecule has 140 valence electrons. The van der Waals surface area contributed by atoms with Gasteiger partial charge in [0, 0.05) is 34.3 Å². The first kappa shape index (κ1) is 18.1. The monoisotopic (exact) mass is 390 g/mol. The summed E-state index contributed by atoms with van der Waals surface area (Å²) in [5.74, 6) is -0.423. The highest BCUT2D eigenvalue weighted by Crippen LogP contribution is 2.30. The van der Waals surface area contributed by atoms with Gasteiger partial charge in [-0.1, -0.05) is 42.1 Å². The molecule has 1 amide bonds. The highest BCUT2D eigenvalue weighted by molar-refractivity contribution is 7.99. The molecule has 0 aliphatic carbocycles. The maximum atomic E-state index is 12.6. The van der Waals surface area contributed by atoms with E-state index in [2.05, 4.69) is 27.5 Å². The van der Waals surface area contributed by atoms with Gasteiger partial charge in [0.25, 0.3) is 11.5 Å². The van der Waals surface area contributed by atoms with Gasteiger partial charge in [0.1, 0.15) is 5.56 Å². The Labute approximate surface area is 165 Å². The Kier molecular flexibility index (Phi) is 4.99. The molecule has 0 aliphatic heterocycles. The SMILES string of the molecule is CCNC(=O)c1cnc2c(-c3ccc(Sc4ccccc4)cc3)c[nH]n2c1=O. The maximum absolute atomic E-state index is 12.6. The fourth-order valence-corrected chi connectivity index (χ4v) is 3.75. The molecule has 7 heteroatoms. The third kappa shape index (κ3) is 3.44. The van der Waals surface area contributed by atoms with Crippen molar-refractivity contribution >= 4 is 23.3 Å². The van der Waals surface area contributed by atoms with E-state index in [1.54, 1.807) is 24.9 Å². The number of carbonyl (C=O) groups is 1. The fraction of sp³-hybridized carbons (Fsp3) is 0.0952. The lowest BCUT2D eigenvalue weighted by Crippen LogP contribution is -2.31. The van der Waals surface area contributed by atoms with Crippen LogP contribution in [0.4, 0.5) is 0 Å². The van der Waals surface area contributed by atoms with Crippen LogP contribution in [-0.4, -0.2) is 27.0 Å². The second kappa shape index (κ2) is 7.74. The zero-order chi connectivity index (χ0) is 19.5. The number of fused-ring (bicyclic) bond motifs is 1. The Morgan fingerprint density at radius 1 is 1.11 bits per heavy atom. The predicted octanol–water partition coefficient (Wildman–Crippen LogP) is 3.59. The molecule has 0 radical (unpaired) electrons. The van der Waals surface area contributed by atoms with Gasteiger partial charge in [-0.05, 0) is 36.8 Å². The summed E-state index contributed by atoms with van der Waals surface area (Å²) in [6.07, 6.45) is 3.06. The molecule has 2 N–H and O–H groups in total. The van der Waals surface area contributed by atoms with Crippen molar-refractivity contribution in [3.05, 3.63) is 82.9 Å². The normalized spacial score (nSPS) is 10.9. The molecule has 2 aromatic heterocycles. The molecule has 0 fully saturated rings. The Balaban J connectivity index is 1.65. The van der Waals surface area contributed by atoms with E-state index in [9.17, 15) is 9.59 Å². The van der Waals surface area contributed by atoms with Crippen LogP contribution >= 0.6 is 11.8 Å².